The van der Waals surface area contributed by atoms with Gasteiger partial charge < -0.3 is 9.88 Å². The van der Waals surface area contributed by atoms with E-state index in [9.17, 15) is 0 Å². The number of hydrogen-bond acceptors (Lipinski definition) is 2. The fourth-order valence-electron chi connectivity index (χ4n) is 3.32. The summed E-state index contributed by atoms with van der Waals surface area (Å²) < 4.78 is 2.14. The van der Waals surface area contributed by atoms with Crippen molar-refractivity contribution in [3.63, 3.8) is 0 Å². The van der Waals surface area contributed by atoms with E-state index in [4.69, 9.17) is 0 Å². The SMILES string of the molecule is CNC(CCc1nccn1C)CC1CCCCCC1. The first-order chi connectivity index (χ1) is 9.29. The van der Waals surface area contributed by atoms with Crippen molar-refractivity contribution in [3.05, 3.63) is 18.2 Å². The van der Waals surface area contributed by atoms with Gasteiger partial charge in [0.25, 0.3) is 0 Å². The second-order valence-corrected chi connectivity index (χ2v) is 6.07. The van der Waals surface area contributed by atoms with Crippen LogP contribution in [0.5, 0.6) is 0 Å². The fourth-order valence-corrected chi connectivity index (χ4v) is 3.32. The molecule has 0 amide bonds. The van der Waals surface area contributed by atoms with Crippen LogP contribution >= 0.6 is 0 Å². The molecule has 1 aromatic rings. The second kappa shape index (κ2) is 7.68. The first-order valence-corrected chi connectivity index (χ1v) is 7.93. The molecule has 1 saturated carbocycles. The minimum Gasteiger partial charge on any atom is -0.338 e. The average molecular weight is 263 g/mol. The smallest absolute Gasteiger partial charge is 0.108 e. The molecule has 0 radical (unpaired) electrons. The molecule has 0 aliphatic heterocycles. The van der Waals surface area contributed by atoms with E-state index in [0.717, 1.165) is 12.3 Å². The molecule has 1 aliphatic carbocycles. The number of nitrogens with zero attached hydrogens (tertiary/aromatic N) is 2. The van der Waals surface area contributed by atoms with Crippen LogP contribution in [0.2, 0.25) is 0 Å². The quantitative estimate of drug-likeness (QED) is 0.798. The van der Waals surface area contributed by atoms with Crippen molar-refractivity contribution < 1.29 is 0 Å². The highest BCUT2D eigenvalue weighted by atomic mass is 15.0. The second-order valence-electron chi connectivity index (χ2n) is 6.07. The largest absolute Gasteiger partial charge is 0.338 e. The lowest BCUT2D eigenvalue weighted by atomic mass is 9.91. The Hall–Kier alpha value is -0.830. The molecule has 19 heavy (non-hydrogen) atoms. The maximum Gasteiger partial charge on any atom is 0.108 e. The molecule has 1 aromatic heterocycles. The van der Waals surface area contributed by atoms with E-state index < -0.39 is 0 Å². The molecule has 1 unspecified atom stereocenters. The van der Waals surface area contributed by atoms with Crippen LogP contribution in [0.3, 0.4) is 0 Å². The number of rotatable bonds is 6. The standard InChI is InChI=1S/C16H29N3/c1-17-15(9-10-16-18-11-12-19(16)2)13-14-7-5-3-4-6-8-14/h11-12,14-15,17H,3-10,13H2,1-2H3. The maximum atomic E-state index is 4.42. The van der Waals surface area contributed by atoms with Crippen LogP contribution in [0, 0.1) is 5.92 Å². The van der Waals surface area contributed by atoms with Gasteiger partial charge in [0.1, 0.15) is 5.82 Å². The van der Waals surface area contributed by atoms with E-state index >= 15 is 0 Å². The third kappa shape index (κ3) is 4.64. The number of hydrogen-bond donors (Lipinski definition) is 1. The zero-order valence-electron chi connectivity index (χ0n) is 12.6. The van der Waals surface area contributed by atoms with Gasteiger partial charge in [0.15, 0.2) is 0 Å². The Labute approximate surface area is 117 Å². The van der Waals surface area contributed by atoms with E-state index in [1.165, 1.54) is 57.2 Å². The van der Waals surface area contributed by atoms with Gasteiger partial charge in [0, 0.05) is 31.9 Å². The molecular formula is C16H29N3. The lowest BCUT2D eigenvalue weighted by Crippen LogP contribution is -2.28. The van der Waals surface area contributed by atoms with Gasteiger partial charge in [-0.25, -0.2) is 4.98 Å². The van der Waals surface area contributed by atoms with Crippen molar-refractivity contribution >= 4 is 0 Å². The van der Waals surface area contributed by atoms with Crippen molar-refractivity contribution in [1.82, 2.24) is 14.9 Å². The Morgan fingerprint density at radius 2 is 2.05 bits per heavy atom. The maximum absolute atomic E-state index is 4.42. The molecule has 0 saturated heterocycles. The van der Waals surface area contributed by atoms with E-state index in [2.05, 4.69) is 29.0 Å². The Morgan fingerprint density at radius 1 is 1.32 bits per heavy atom. The topological polar surface area (TPSA) is 29.9 Å². The van der Waals surface area contributed by atoms with Gasteiger partial charge in [0.05, 0.1) is 0 Å². The van der Waals surface area contributed by atoms with Crippen LogP contribution in [0.4, 0.5) is 0 Å². The molecule has 0 spiro atoms. The van der Waals surface area contributed by atoms with Gasteiger partial charge in [-0.3, -0.25) is 0 Å². The molecule has 3 heteroatoms. The Kier molecular flexibility index (Phi) is 5.90. The number of aryl methyl sites for hydroxylation is 2. The van der Waals surface area contributed by atoms with Crippen molar-refractivity contribution in [2.45, 2.75) is 63.8 Å². The summed E-state index contributed by atoms with van der Waals surface area (Å²) in [4.78, 5) is 4.42. The number of aromatic nitrogens is 2. The first kappa shape index (κ1) is 14.6. The highest BCUT2D eigenvalue weighted by Gasteiger charge is 2.17. The van der Waals surface area contributed by atoms with Gasteiger partial charge in [-0.05, 0) is 25.8 Å². The van der Waals surface area contributed by atoms with Crippen LogP contribution in [-0.4, -0.2) is 22.6 Å². The highest BCUT2D eigenvalue weighted by molar-refractivity contribution is 4.92. The predicted octanol–water partition coefficient (Wildman–Crippen LogP) is 3.30. The molecule has 1 heterocycles. The first-order valence-electron chi connectivity index (χ1n) is 7.93. The van der Waals surface area contributed by atoms with E-state index in [1.807, 2.05) is 12.4 Å². The van der Waals surface area contributed by atoms with Crippen molar-refractivity contribution in [2.24, 2.45) is 13.0 Å². The van der Waals surface area contributed by atoms with Crippen molar-refractivity contribution in [2.75, 3.05) is 7.05 Å². The Morgan fingerprint density at radius 3 is 2.63 bits per heavy atom. The zero-order chi connectivity index (χ0) is 13.5. The van der Waals surface area contributed by atoms with E-state index in [-0.39, 0.29) is 0 Å². The van der Waals surface area contributed by atoms with Crippen LogP contribution in [0.15, 0.2) is 12.4 Å². The predicted molar refractivity (Wildman–Crippen MR) is 80.2 cm³/mol. The summed E-state index contributed by atoms with van der Waals surface area (Å²) in [6.45, 7) is 0. The van der Waals surface area contributed by atoms with Gasteiger partial charge in [-0.2, -0.15) is 0 Å². The molecular weight excluding hydrogens is 234 g/mol. The van der Waals surface area contributed by atoms with Gasteiger partial charge in [-0.15, -0.1) is 0 Å². The van der Waals surface area contributed by atoms with Crippen molar-refractivity contribution in [3.8, 4) is 0 Å². The van der Waals surface area contributed by atoms with Gasteiger partial charge >= 0.3 is 0 Å². The summed E-state index contributed by atoms with van der Waals surface area (Å²) in [5, 5.41) is 3.51. The molecule has 3 nitrogen and oxygen atoms in total. The highest BCUT2D eigenvalue weighted by Crippen LogP contribution is 2.27. The van der Waals surface area contributed by atoms with Crippen molar-refractivity contribution in [1.29, 1.82) is 0 Å². The summed E-state index contributed by atoms with van der Waals surface area (Å²) in [5.74, 6) is 2.16. The molecule has 0 aromatic carbocycles. The van der Waals surface area contributed by atoms with Crippen LogP contribution in [0.1, 0.15) is 57.2 Å². The lowest BCUT2D eigenvalue weighted by Gasteiger charge is -2.22. The van der Waals surface area contributed by atoms with E-state index in [0.29, 0.717) is 6.04 Å². The Balaban J connectivity index is 1.77. The van der Waals surface area contributed by atoms with Gasteiger partial charge in [-0.1, -0.05) is 38.5 Å². The molecule has 108 valence electrons. The normalized spacial score (nSPS) is 19.3. The summed E-state index contributed by atoms with van der Waals surface area (Å²) in [5.41, 5.74) is 0. The Bertz CT molecular complexity index is 351. The fraction of sp³-hybridized carbons (Fsp3) is 0.812. The number of nitrogens with one attached hydrogen (secondary N) is 1. The molecule has 2 rings (SSSR count). The average Bonchev–Trinajstić information content (AvgIpc) is 2.66. The molecule has 1 fully saturated rings. The number of imidazole rings is 1. The summed E-state index contributed by atoms with van der Waals surface area (Å²) in [6.07, 6.45) is 16.3. The van der Waals surface area contributed by atoms with Crippen LogP contribution in [0.25, 0.3) is 0 Å². The summed E-state index contributed by atoms with van der Waals surface area (Å²) in [6, 6.07) is 0.653. The minimum absolute atomic E-state index is 0.653. The summed E-state index contributed by atoms with van der Waals surface area (Å²) >= 11 is 0. The molecule has 1 atom stereocenters. The molecule has 1 aliphatic rings. The summed E-state index contributed by atoms with van der Waals surface area (Å²) in [7, 11) is 4.20. The lowest BCUT2D eigenvalue weighted by molar-refractivity contribution is 0.349. The molecule has 1 N–H and O–H groups in total. The van der Waals surface area contributed by atoms with Crippen LogP contribution in [-0.2, 0) is 13.5 Å². The minimum atomic E-state index is 0.653. The third-order valence-corrected chi connectivity index (χ3v) is 4.64. The van der Waals surface area contributed by atoms with Gasteiger partial charge in [0.2, 0.25) is 0 Å². The molecule has 0 bridgehead atoms. The van der Waals surface area contributed by atoms with Crippen LogP contribution < -0.4 is 5.32 Å². The monoisotopic (exact) mass is 263 g/mol. The zero-order valence-corrected chi connectivity index (χ0v) is 12.6. The third-order valence-electron chi connectivity index (χ3n) is 4.64. The van der Waals surface area contributed by atoms with E-state index in [1.54, 1.807) is 0 Å².